The summed E-state index contributed by atoms with van der Waals surface area (Å²) in [6.07, 6.45) is 6.77. The number of nitrogens with zero attached hydrogens (tertiary/aromatic N) is 2. The zero-order valence-corrected chi connectivity index (χ0v) is 9.41. The van der Waals surface area contributed by atoms with Gasteiger partial charge in [0.05, 0.1) is 6.10 Å². The summed E-state index contributed by atoms with van der Waals surface area (Å²) >= 11 is 5.80. The SMILES string of the molecule is Nc1nn(CCCC2CCCO2)cc1Cl. The third kappa shape index (κ3) is 2.86. The lowest BCUT2D eigenvalue weighted by atomic mass is 10.1. The molecule has 1 aromatic rings. The molecule has 1 aromatic heterocycles. The largest absolute Gasteiger partial charge is 0.381 e. The van der Waals surface area contributed by atoms with E-state index in [-0.39, 0.29) is 0 Å². The minimum absolute atomic E-state index is 0.411. The first kappa shape index (κ1) is 10.8. The van der Waals surface area contributed by atoms with Crippen LogP contribution in [0.2, 0.25) is 5.02 Å². The fourth-order valence-corrected chi connectivity index (χ4v) is 2.03. The number of hydrogen-bond acceptors (Lipinski definition) is 3. The Morgan fingerprint density at radius 2 is 2.53 bits per heavy atom. The number of aryl methyl sites for hydroxylation is 1. The molecule has 1 fully saturated rings. The van der Waals surface area contributed by atoms with Crippen molar-refractivity contribution in [2.75, 3.05) is 12.3 Å². The second-order valence-electron chi connectivity index (χ2n) is 3.90. The highest BCUT2D eigenvalue weighted by Crippen LogP contribution is 2.18. The molecule has 1 saturated heterocycles. The first-order valence-electron chi connectivity index (χ1n) is 5.36. The lowest BCUT2D eigenvalue weighted by molar-refractivity contribution is 0.101. The van der Waals surface area contributed by atoms with Crippen LogP contribution in [0.3, 0.4) is 0 Å². The van der Waals surface area contributed by atoms with E-state index in [2.05, 4.69) is 5.10 Å². The zero-order chi connectivity index (χ0) is 10.7. The molecule has 15 heavy (non-hydrogen) atoms. The molecule has 4 nitrogen and oxygen atoms in total. The van der Waals surface area contributed by atoms with Crippen molar-refractivity contribution in [1.29, 1.82) is 0 Å². The van der Waals surface area contributed by atoms with E-state index in [0.717, 1.165) is 26.0 Å². The molecular weight excluding hydrogens is 214 g/mol. The van der Waals surface area contributed by atoms with Crippen molar-refractivity contribution in [3.05, 3.63) is 11.2 Å². The van der Waals surface area contributed by atoms with E-state index in [1.807, 2.05) is 0 Å². The van der Waals surface area contributed by atoms with Gasteiger partial charge in [-0.3, -0.25) is 4.68 Å². The van der Waals surface area contributed by atoms with Crippen LogP contribution in [0.1, 0.15) is 25.7 Å². The highest BCUT2D eigenvalue weighted by Gasteiger charge is 2.14. The van der Waals surface area contributed by atoms with Gasteiger partial charge >= 0.3 is 0 Å². The van der Waals surface area contributed by atoms with Crippen LogP contribution >= 0.6 is 11.6 Å². The van der Waals surface area contributed by atoms with Crippen LogP contribution < -0.4 is 5.73 Å². The maximum atomic E-state index is 5.80. The summed E-state index contributed by atoms with van der Waals surface area (Å²) in [5.74, 6) is 0.411. The topological polar surface area (TPSA) is 53.1 Å². The van der Waals surface area contributed by atoms with Gasteiger partial charge in [0.15, 0.2) is 5.82 Å². The van der Waals surface area contributed by atoms with Gasteiger partial charge in [-0.25, -0.2) is 0 Å². The van der Waals surface area contributed by atoms with Crippen LogP contribution in [-0.2, 0) is 11.3 Å². The lowest BCUT2D eigenvalue weighted by Gasteiger charge is -2.08. The quantitative estimate of drug-likeness (QED) is 0.860. The van der Waals surface area contributed by atoms with Crippen molar-refractivity contribution < 1.29 is 4.74 Å². The molecule has 0 saturated carbocycles. The first-order chi connectivity index (χ1) is 7.25. The van der Waals surface area contributed by atoms with Gasteiger partial charge < -0.3 is 10.5 Å². The summed E-state index contributed by atoms with van der Waals surface area (Å²) in [7, 11) is 0. The minimum Gasteiger partial charge on any atom is -0.381 e. The Morgan fingerprint density at radius 3 is 3.13 bits per heavy atom. The van der Waals surface area contributed by atoms with E-state index in [0.29, 0.717) is 16.9 Å². The molecule has 0 radical (unpaired) electrons. The predicted octanol–water partition coefficient (Wildman–Crippen LogP) is 2.08. The van der Waals surface area contributed by atoms with E-state index in [1.165, 1.54) is 12.8 Å². The van der Waals surface area contributed by atoms with E-state index >= 15 is 0 Å². The molecule has 0 aliphatic carbocycles. The van der Waals surface area contributed by atoms with Crippen molar-refractivity contribution in [2.24, 2.45) is 0 Å². The molecular formula is C10H16ClN3O. The van der Waals surface area contributed by atoms with Crippen molar-refractivity contribution in [3.63, 3.8) is 0 Å². The Balaban J connectivity index is 1.73. The summed E-state index contributed by atoms with van der Waals surface area (Å²) in [6.45, 7) is 1.78. The number of nitrogens with two attached hydrogens (primary N) is 1. The van der Waals surface area contributed by atoms with Crippen molar-refractivity contribution in [3.8, 4) is 0 Å². The average molecular weight is 230 g/mol. The third-order valence-electron chi connectivity index (χ3n) is 2.68. The van der Waals surface area contributed by atoms with Gasteiger partial charge in [-0.1, -0.05) is 11.6 Å². The second-order valence-corrected chi connectivity index (χ2v) is 4.31. The highest BCUT2D eigenvalue weighted by molar-refractivity contribution is 6.32. The van der Waals surface area contributed by atoms with E-state index < -0.39 is 0 Å². The molecule has 1 aliphatic rings. The molecule has 84 valence electrons. The van der Waals surface area contributed by atoms with Gasteiger partial charge in [0.1, 0.15) is 5.02 Å². The van der Waals surface area contributed by atoms with Crippen LogP contribution in [0.5, 0.6) is 0 Å². The van der Waals surface area contributed by atoms with E-state index in [9.17, 15) is 0 Å². The summed E-state index contributed by atoms with van der Waals surface area (Å²) in [4.78, 5) is 0. The smallest absolute Gasteiger partial charge is 0.164 e. The van der Waals surface area contributed by atoms with Crippen molar-refractivity contribution in [1.82, 2.24) is 9.78 Å². The molecule has 1 aliphatic heterocycles. The fraction of sp³-hybridized carbons (Fsp3) is 0.700. The summed E-state index contributed by atoms with van der Waals surface area (Å²) in [6, 6.07) is 0. The molecule has 2 N–H and O–H groups in total. The Morgan fingerprint density at radius 1 is 1.67 bits per heavy atom. The molecule has 0 amide bonds. The average Bonchev–Trinajstić information content (AvgIpc) is 2.79. The number of aromatic nitrogens is 2. The van der Waals surface area contributed by atoms with Crippen LogP contribution in [0.4, 0.5) is 5.82 Å². The number of halogens is 1. The van der Waals surface area contributed by atoms with E-state index in [1.54, 1.807) is 10.9 Å². The summed E-state index contributed by atoms with van der Waals surface area (Å²) < 4.78 is 7.34. The van der Waals surface area contributed by atoms with Crippen LogP contribution in [-0.4, -0.2) is 22.5 Å². The number of ether oxygens (including phenoxy) is 1. The van der Waals surface area contributed by atoms with Gasteiger partial charge in [-0.05, 0) is 25.7 Å². The maximum Gasteiger partial charge on any atom is 0.164 e. The Labute approximate surface area is 94.3 Å². The van der Waals surface area contributed by atoms with Gasteiger partial charge in [-0.15, -0.1) is 0 Å². The number of rotatable bonds is 4. The third-order valence-corrected chi connectivity index (χ3v) is 2.97. The molecule has 0 aromatic carbocycles. The summed E-state index contributed by atoms with van der Waals surface area (Å²) in [5, 5.41) is 4.63. The number of anilines is 1. The van der Waals surface area contributed by atoms with Crippen LogP contribution in [0.25, 0.3) is 0 Å². The number of nitrogen functional groups attached to an aromatic ring is 1. The highest BCUT2D eigenvalue weighted by atomic mass is 35.5. The van der Waals surface area contributed by atoms with Crippen molar-refractivity contribution in [2.45, 2.75) is 38.3 Å². The number of hydrogen-bond donors (Lipinski definition) is 1. The molecule has 1 unspecified atom stereocenters. The van der Waals surface area contributed by atoms with Gasteiger partial charge in [0.25, 0.3) is 0 Å². The van der Waals surface area contributed by atoms with Crippen LogP contribution in [0.15, 0.2) is 6.20 Å². The Hall–Kier alpha value is -0.740. The predicted molar refractivity (Wildman–Crippen MR) is 59.9 cm³/mol. The van der Waals surface area contributed by atoms with Crippen LogP contribution in [0, 0.1) is 0 Å². The van der Waals surface area contributed by atoms with Crippen molar-refractivity contribution >= 4 is 17.4 Å². The van der Waals surface area contributed by atoms with Gasteiger partial charge in [0.2, 0.25) is 0 Å². The fourth-order valence-electron chi connectivity index (χ4n) is 1.88. The minimum atomic E-state index is 0.411. The Bertz CT molecular complexity index is 301. The monoisotopic (exact) mass is 229 g/mol. The molecule has 2 heterocycles. The molecule has 5 heteroatoms. The zero-order valence-electron chi connectivity index (χ0n) is 8.66. The maximum absolute atomic E-state index is 5.80. The summed E-state index contributed by atoms with van der Waals surface area (Å²) in [5.41, 5.74) is 5.55. The second kappa shape index (κ2) is 4.86. The van der Waals surface area contributed by atoms with Gasteiger partial charge in [-0.2, -0.15) is 5.10 Å². The normalized spacial score (nSPS) is 21.0. The Kier molecular flexibility index (Phi) is 3.49. The molecule has 0 bridgehead atoms. The van der Waals surface area contributed by atoms with E-state index in [4.69, 9.17) is 22.1 Å². The van der Waals surface area contributed by atoms with Gasteiger partial charge in [0, 0.05) is 19.3 Å². The lowest BCUT2D eigenvalue weighted by Crippen LogP contribution is -2.07. The standard InChI is InChI=1S/C10H16ClN3O/c11-9-7-14(13-10(9)12)5-1-3-8-4-2-6-15-8/h7-8H,1-6H2,(H2,12,13). The molecule has 1 atom stereocenters. The molecule has 2 rings (SSSR count). The molecule has 0 spiro atoms. The first-order valence-corrected chi connectivity index (χ1v) is 5.73.